The highest BCUT2D eigenvalue weighted by atomic mass is 28.3. The average molecular weight is 481 g/mol. The molecule has 0 aromatic rings. The van der Waals surface area contributed by atoms with Crippen LogP contribution in [0.25, 0.3) is 0 Å². The summed E-state index contributed by atoms with van der Waals surface area (Å²) in [6.07, 6.45) is 2.54. The van der Waals surface area contributed by atoms with Gasteiger partial charge in [0.25, 0.3) is 0 Å². The first-order valence-electron chi connectivity index (χ1n) is 13.7. The van der Waals surface area contributed by atoms with Crippen LogP contribution in [0.4, 0.5) is 0 Å². The number of rotatable bonds is 11. The molecule has 0 bridgehead atoms. The van der Waals surface area contributed by atoms with Crippen molar-refractivity contribution in [1.82, 2.24) is 0 Å². The highest BCUT2D eigenvalue weighted by Crippen LogP contribution is 2.73. The summed E-state index contributed by atoms with van der Waals surface area (Å²) in [5.74, 6) is 1.83. The van der Waals surface area contributed by atoms with Crippen LogP contribution in [0.5, 0.6) is 0 Å². The summed E-state index contributed by atoms with van der Waals surface area (Å²) >= 11 is 0. The molecule has 0 saturated heterocycles. The molecule has 32 heavy (non-hydrogen) atoms. The molecule has 0 unspecified atom stereocenters. The SMILES string of the molecule is COC(=O)C12C(C[C@H]1C[Si](C(C)C)(C(C)C)C(C)C)C[C@H]2C[Si](C(C)C)(C(C)C)C(C)C. The van der Waals surface area contributed by atoms with Gasteiger partial charge in [0.1, 0.15) is 0 Å². The van der Waals surface area contributed by atoms with Crippen LogP contribution < -0.4 is 0 Å². The topological polar surface area (TPSA) is 26.3 Å². The van der Waals surface area contributed by atoms with E-state index in [1.165, 1.54) is 24.9 Å². The fraction of sp³-hybridized carbons (Fsp3) is 0.964. The number of esters is 1. The van der Waals surface area contributed by atoms with E-state index >= 15 is 0 Å². The molecular formula is C28H56O2Si2. The predicted octanol–water partition coefficient (Wildman–Crippen LogP) is 9.16. The van der Waals surface area contributed by atoms with Crippen molar-refractivity contribution in [3.63, 3.8) is 0 Å². The summed E-state index contributed by atoms with van der Waals surface area (Å²) in [5.41, 5.74) is 4.36. The van der Waals surface area contributed by atoms with Gasteiger partial charge in [0.05, 0.1) is 28.7 Å². The molecule has 0 aliphatic heterocycles. The number of hydrogen-bond acceptors (Lipinski definition) is 2. The Morgan fingerprint density at radius 2 is 0.969 bits per heavy atom. The van der Waals surface area contributed by atoms with Crippen LogP contribution in [0.15, 0.2) is 0 Å². The zero-order valence-corrected chi connectivity index (χ0v) is 25.8. The van der Waals surface area contributed by atoms with E-state index in [0.717, 1.165) is 33.2 Å². The van der Waals surface area contributed by atoms with E-state index in [9.17, 15) is 4.79 Å². The van der Waals surface area contributed by atoms with Gasteiger partial charge < -0.3 is 4.74 Å². The first-order chi connectivity index (χ1) is 14.7. The lowest BCUT2D eigenvalue weighted by Crippen LogP contribution is -2.70. The number of fused-ring (bicyclic) bond motifs is 1. The molecule has 2 atom stereocenters. The van der Waals surface area contributed by atoms with Gasteiger partial charge in [-0.2, -0.15) is 0 Å². The lowest BCUT2D eigenvalue weighted by molar-refractivity contribution is -0.217. The fourth-order valence-corrected chi connectivity index (χ4v) is 23.2. The van der Waals surface area contributed by atoms with E-state index < -0.39 is 16.1 Å². The molecule has 0 aromatic carbocycles. The van der Waals surface area contributed by atoms with Crippen molar-refractivity contribution in [1.29, 1.82) is 0 Å². The Hall–Kier alpha value is -0.0962. The number of carbonyl (C=O) groups excluding carboxylic acids is 1. The Bertz CT molecular complexity index is 562. The van der Waals surface area contributed by atoms with E-state index in [1.54, 1.807) is 7.11 Å². The third-order valence-electron chi connectivity index (χ3n) is 11.4. The van der Waals surface area contributed by atoms with Gasteiger partial charge in [0.2, 0.25) is 0 Å². The highest BCUT2D eigenvalue weighted by molar-refractivity contribution is 6.84. The maximum absolute atomic E-state index is 13.6. The van der Waals surface area contributed by atoms with E-state index in [1.807, 2.05) is 0 Å². The molecule has 0 radical (unpaired) electrons. The Morgan fingerprint density at radius 1 is 0.688 bits per heavy atom. The van der Waals surface area contributed by atoms with Gasteiger partial charge in [-0.15, -0.1) is 0 Å². The molecule has 0 aromatic heterocycles. The molecule has 2 saturated carbocycles. The first-order valence-corrected chi connectivity index (χ1v) is 18.6. The summed E-state index contributed by atoms with van der Waals surface area (Å²) in [6, 6.07) is 2.64. The van der Waals surface area contributed by atoms with Crippen molar-refractivity contribution in [3.8, 4) is 0 Å². The minimum atomic E-state index is -1.55. The molecule has 2 aliphatic rings. The minimum Gasteiger partial charge on any atom is -0.469 e. The molecule has 188 valence electrons. The van der Waals surface area contributed by atoms with Crippen molar-refractivity contribution < 1.29 is 9.53 Å². The second-order valence-corrected chi connectivity index (χ2v) is 25.7. The summed E-state index contributed by atoms with van der Waals surface area (Å²) < 4.78 is 5.62. The van der Waals surface area contributed by atoms with Gasteiger partial charge >= 0.3 is 5.97 Å². The number of methoxy groups -OCH3 is 1. The van der Waals surface area contributed by atoms with Gasteiger partial charge in [-0.1, -0.05) is 128 Å². The van der Waals surface area contributed by atoms with Crippen molar-refractivity contribution >= 4 is 22.1 Å². The van der Waals surface area contributed by atoms with E-state index in [4.69, 9.17) is 4.74 Å². The van der Waals surface area contributed by atoms with Crippen molar-refractivity contribution in [2.45, 2.75) is 141 Å². The van der Waals surface area contributed by atoms with Crippen molar-refractivity contribution in [2.24, 2.45) is 23.2 Å². The predicted molar refractivity (Wildman–Crippen MR) is 146 cm³/mol. The zero-order valence-electron chi connectivity index (χ0n) is 23.8. The van der Waals surface area contributed by atoms with Gasteiger partial charge in [-0.05, 0) is 30.6 Å². The Labute approximate surface area is 203 Å². The third-order valence-corrected chi connectivity index (χ3v) is 26.7. The fourth-order valence-electron chi connectivity index (χ4n) is 9.69. The van der Waals surface area contributed by atoms with Gasteiger partial charge in [0.15, 0.2) is 0 Å². The quantitative estimate of drug-likeness (QED) is 0.217. The summed E-state index contributed by atoms with van der Waals surface area (Å²) in [5, 5.41) is 0. The van der Waals surface area contributed by atoms with Gasteiger partial charge in [-0.25, -0.2) is 0 Å². The van der Waals surface area contributed by atoms with Crippen LogP contribution in [0, 0.1) is 23.2 Å². The maximum atomic E-state index is 13.6. The molecule has 0 N–H and O–H groups in total. The number of ether oxygens (including phenoxy) is 1. The highest BCUT2D eigenvalue weighted by Gasteiger charge is 2.73. The molecule has 0 spiro atoms. The molecule has 2 fully saturated rings. The molecule has 0 heterocycles. The smallest absolute Gasteiger partial charge is 0.312 e. The molecule has 2 nitrogen and oxygen atoms in total. The Kier molecular flexibility index (Phi) is 8.68. The average Bonchev–Trinajstić information content (AvgIpc) is 2.65. The van der Waals surface area contributed by atoms with Crippen LogP contribution in [0.2, 0.25) is 45.3 Å². The van der Waals surface area contributed by atoms with E-state index in [0.29, 0.717) is 17.8 Å². The van der Waals surface area contributed by atoms with Gasteiger partial charge in [0, 0.05) is 0 Å². The molecule has 2 rings (SSSR count). The Balaban J connectivity index is 2.47. The minimum absolute atomic E-state index is 0.147. The lowest BCUT2D eigenvalue weighted by atomic mass is 9.38. The van der Waals surface area contributed by atoms with E-state index in [2.05, 4.69) is 83.1 Å². The standard InChI is InChI=1S/C28H56O2Si2/c1-18(2)31(19(3)4,20(5)6)16-25-14-24-15-26(28(24,25)27(29)30-13)17-32(21(7)8,22(9)10)23(11)12/h18-26H,14-17H2,1-13H3/t24?,25-,26-,28?/m0/s1. The van der Waals surface area contributed by atoms with Crippen LogP contribution >= 0.6 is 0 Å². The second kappa shape index (κ2) is 9.87. The summed E-state index contributed by atoms with van der Waals surface area (Å²) in [6.45, 7) is 29.7. The number of carbonyl (C=O) groups is 1. The summed E-state index contributed by atoms with van der Waals surface area (Å²) in [7, 11) is -1.46. The number of hydrogen-bond donors (Lipinski definition) is 0. The lowest BCUT2D eigenvalue weighted by Gasteiger charge is -2.69. The van der Waals surface area contributed by atoms with Crippen LogP contribution in [-0.2, 0) is 9.53 Å². The van der Waals surface area contributed by atoms with Crippen LogP contribution in [0.1, 0.15) is 95.9 Å². The summed E-state index contributed by atoms with van der Waals surface area (Å²) in [4.78, 5) is 13.6. The van der Waals surface area contributed by atoms with Crippen LogP contribution in [-0.4, -0.2) is 29.2 Å². The molecule has 2 aliphatic carbocycles. The van der Waals surface area contributed by atoms with Crippen molar-refractivity contribution in [3.05, 3.63) is 0 Å². The Morgan fingerprint density at radius 3 is 1.16 bits per heavy atom. The zero-order chi connectivity index (χ0) is 24.8. The molecule has 0 amide bonds. The monoisotopic (exact) mass is 480 g/mol. The maximum Gasteiger partial charge on any atom is 0.312 e. The third kappa shape index (κ3) is 3.91. The van der Waals surface area contributed by atoms with E-state index in [-0.39, 0.29) is 11.4 Å². The van der Waals surface area contributed by atoms with Crippen LogP contribution in [0.3, 0.4) is 0 Å². The van der Waals surface area contributed by atoms with Gasteiger partial charge in [-0.3, -0.25) is 4.79 Å². The first kappa shape index (κ1) is 28.1. The largest absolute Gasteiger partial charge is 0.469 e. The molecule has 4 heteroatoms. The second-order valence-electron chi connectivity index (χ2n) is 13.5. The normalized spacial score (nSPS) is 28.5. The van der Waals surface area contributed by atoms with Crippen molar-refractivity contribution in [2.75, 3.05) is 7.11 Å². The molecular weight excluding hydrogens is 424 g/mol.